The third kappa shape index (κ3) is 3.52. The SMILES string of the molecule is O=C(CC1CCC1)N1CC(O)CC1c1cccc(C(F)(F)F)c1. The summed E-state index contributed by atoms with van der Waals surface area (Å²) in [6.07, 6.45) is -1.15. The lowest BCUT2D eigenvalue weighted by Crippen LogP contribution is -2.34. The minimum absolute atomic E-state index is 0.0614. The minimum atomic E-state index is -4.41. The number of hydrogen-bond acceptors (Lipinski definition) is 2. The molecule has 6 heteroatoms. The minimum Gasteiger partial charge on any atom is -0.391 e. The van der Waals surface area contributed by atoms with Crippen LogP contribution in [0.25, 0.3) is 0 Å². The third-order valence-corrected chi connectivity index (χ3v) is 4.89. The molecular weight excluding hydrogens is 307 g/mol. The van der Waals surface area contributed by atoms with Gasteiger partial charge in [0.05, 0.1) is 17.7 Å². The van der Waals surface area contributed by atoms with Crippen LogP contribution in [0.2, 0.25) is 0 Å². The first-order chi connectivity index (χ1) is 10.8. The summed E-state index contributed by atoms with van der Waals surface area (Å²) < 4.78 is 38.6. The van der Waals surface area contributed by atoms with Gasteiger partial charge in [-0.3, -0.25) is 4.79 Å². The monoisotopic (exact) mass is 327 g/mol. The Bertz CT molecular complexity index is 583. The largest absolute Gasteiger partial charge is 0.416 e. The smallest absolute Gasteiger partial charge is 0.391 e. The van der Waals surface area contributed by atoms with Crippen LogP contribution in [-0.2, 0) is 11.0 Å². The molecule has 1 saturated heterocycles. The number of hydrogen-bond donors (Lipinski definition) is 1. The average molecular weight is 327 g/mol. The number of alkyl halides is 3. The Morgan fingerprint density at radius 2 is 2.04 bits per heavy atom. The van der Waals surface area contributed by atoms with Crippen molar-refractivity contribution in [3.8, 4) is 0 Å². The first-order valence-electron chi connectivity index (χ1n) is 7.99. The van der Waals surface area contributed by atoms with E-state index in [0.29, 0.717) is 17.9 Å². The van der Waals surface area contributed by atoms with Gasteiger partial charge in [-0.15, -0.1) is 0 Å². The van der Waals surface area contributed by atoms with Gasteiger partial charge in [-0.05, 0) is 42.9 Å². The van der Waals surface area contributed by atoms with Crippen molar-refractivity contribution < 1.29 is 23.1 Å². The molecule has 0 aromatic heterocycles. The number of aliphatic hydroxyl groups is 1. The van der Waals surface area contributed by atoms with Crippen molar-refractivity contribution in [2.24, 2.45) is 5.92 Å². The molecule has 1 aromatic carbocycles. The number of carbonyl (C=O) groups excluding carboxylic acids is 1. The summed E-state index contributed by atoms with van der Waals surface area (Å²) in [5.41, 5.74) is -0.277. The van der Waals surface area contributed by atoms with Crippen LogP contribution in [-0.4, -0.2) is 28.6 Å². The molecule has 1 aliphatic carbocycles. The quantitative estimate of drug-likeness (QED) is 0.923. The summed E-state index contributed by atoms with van der Waals surface area (Å²) in [4.78, 5) is 14.0. The van der Waals surface area contributed by atoms with Crippen LogP contribution in [0.4, 0.5) is 13.2 Å². The van der Waals surface area contributed by atoms with Crippen LogP contribution in [0.1, 0.15) is 49.3 Å². The second-order valence-electron chi connectivity index (χ2n) is 6.58. The van der Waals surface area contributed by atoms with Crippen molar-refractivity contribution in [1.82, 2.24) is 4.90 Å². The Labute approximate surface area is 133 Å². The molecule has 2 unspecified atom stereocenters. The lowest BCUT2D eigenvalue weighted by Gasteiger charge is -2.30. The molecule has 1 amide bonds. The second kappa shape index (κ2) is 6.15. The summed E-state index contributed by atoms with van der Waals surface area (Å²) in [6, 6.07) is 4.60. The van der Waals surface area contributed by atoms with Crippen molar-refractivity contribution in [2.45, 2.75) is 50.4 Å². The molecule has 1 saturated carbocycles. The highest BCUT2D eigenvalue weighted by molar-refractivity contribution is 5.77. The topological polar surface area (TPSA) is 40.5 Å². The average Bonchev–Trinajstić information content (AvgIpc) is 2.84. The fraction of sp³-hybridized carbons (Fsp3) is 0.588. The molecule has 3 rings (SSSR count). The number of likely N-dealkylation sites (tertiary alicyclic amines) is 1. The Balaban J connectivity index is 1.80. The molecule has 2 fully saturated rings. The highest BCUT2D eigenvalue weighted by atomic mass is 19.4. The van der Waals surface area contributed by atoms with Crippen LogP contribution in [0, 0.1) is 5.92 Å². The summed E-state index contributed by atoms with van der Waals surface area (Å²) in [5.74, 6) is 0.330. The maximum absolute atomic E-state index is 12.9. The molecule has 1 heterocycles. The number of benzene rings is 1. The van der Waals surface area contributed by atoms with E-state index < -0.39 is 23.9 Å². The first kappa shape index (κ1) is 16.3. The van der Waals surface area contributed by atoms with E-state index in [1.165, 1.54) is 6.07 Å². The molecule has 2 atom stereocenters. The fourth-order valence-corrected chi connectivity index (χ4v) is 3.39. The summed E-state index contributed by atoms with van der Waals surface area (Å²) >= 11 is 0. The van der Waals surface area contributed by atoms with E-state index in [1.807, 2.05) is 0 Å². The Kier molecular flexibility index (Phi) is 4.36. The van der Waals surface area contributed by atoms with Gasteiger partial charge >= 0.3 is 6.18 Å². The number of nitrogens with zero attached hydrogens (tertiary/aromatic N) is 1. The predicted octanol–water partition coefficient (Wildman–Crippen LogP) is 3.53. The standard InChI is InChI=1S/C17H20F3NO2/c18-17(19,20)13-6-2-5-12(8-13)15-9-14(22)10-21(15)16(23)7-11-3-1-4-11/h2,5-6,8,11,14-15,22H,1,3-4,7,9-10H2. The third-order valence-electron chi connectivity index (χ3n) is 4.89. The van der Waals surface area contributed by atoms with Crippen LogP contribution in [0.5, 0.6) is 0 Å². The Morgan fingerprint density at radius 1 is 1.30 bits per heavy atom. The van der Waals surface area contributed by atoms with E-state index in [9.17, 15) is 23.1 Å². The van der Waals surface area contributed by atoms with Crippen molar-refractivity contribution in [3.63, 3.8) is 0 Å². The molecule has 2 aliphatic rings. The molecule has 1 aromatic rings. The Morgan fingerprint density at radius 3 is 2.65 bits per heavy atom. The summed E-state index contributed by atoms with van der Waals surface area (Å²) in [6.45, 7) is 0.201. The number of β-amino-alcohol motifs (C(OH)–C–C–N with tert-alkyl or cyclic N) is 1. The lowest BCUT2D eigenvalue weighted by atomic mass is 9.82. The van der Waals surface area contributed by atoms with Gasteiger partial charge in [-0.25, -0.2) is 0 Å². The van der Waals surface area contributed by atoms with E-state index in [1.54, 1.807) is 11.0 Å². The van der Waals surface area contributed by atoms with Gasteiger partial charge in [-0.2, -0.15) is 13.2 Å². The number of aliphatic hydroxyl groups excluding tert-OH is 1. The van der Waals surface area contributed by atoms with Gasteiger partial charge in [0, 0.05) is 13.0 Å². The number of rotatable bonds is 3. The van der Waals surface area contributed by atoms with E-state index in [-0.39, 0.29) is 18.9 Å². The zero-order valence-electron chi connectivity index (χ0n) is 12.7. The van der Waals surface area contributed by atoms with Crippen LogP contribution in [0.3, 0.4) is 0 Å². The summed E-state index contributed by atoms with van der Waals surface area (Å²) in [5, 5.41) is 9.90. The van der Waals surface area contributed by atoms with Crippen LogP contribution in [0.15, 0.2) is 24.3 Å². The van der Waals surface area contributed by atoms with Crippen LogP contribution >= 0.6 is 0 Å². The normalized spacial score (nSPS) is 25.5. The molecule has 3 nitrogen and oxygen atoms in total. The van der Waals surface area contributed by atoms with Gasteiger partial charge in [0.2, 0.25) is 5.91 Å². The molecule has 1 aliphatic heterocycles. The van der Waals surface area contributed by atoms with Gasteiger partial charge < -0.3 is 10.0 Å². The van der Waals surface area contributed by atoms with Gasteiger partial charge in [0.1, 0.15) is 0 Å². The number of amides is 1. The zero-order chi connectivity index (χ0) is 16.6. The van der Waals surface area contributed by atoms with Crippen LogP contribution < -0.4 is 0 Å². The molecule has 1 N–H and O–H groups in total. The van der Waals surface area contributed by atoms with Crippen molar-refractivity contribution >= 4 is 5.91 Å². The molecular formula is C17H20F3NO2. The Hall–Kier alpha value is -1.56. The maximum atomic E-state index is 12.9. The fourth-order valence-electron chi connectivity index (χ4n) is 3.39. The van der Waals surface area contributed by atoms with Gasteiger partial charge in [0.15, 0.2) is 0 Å². The van der Waals surface area contributed by atoms with E-state index in [0.717, 1.165) is 31.4 Å². The summed E-state index contributed by atoms with van der Waals surface area (Å²) in [7, 11) is 0. The second-order valence-corrected chi connectivity index (χ2v) is 6.58. The zero-order valence-corrected chi connectivity index (χ0v) is 12.7. The molecule has 0 spiro atoms. The maximum Gasteiger partial charge on any atom is 0.416 e. The highest BCUT2D eigenvalue weighted by Gasteiger charge is 2.38. The highest BCUT2D eigenvalue weighted by Crippen LogP contribution is 2.38. The predicted molar refractivity (Wildman–Crippen MR) is 78.5 cm³/mol. The first-order valence-corrected chi connectivity index (χ1v) is 7.99. The van der Waals surface area contributed by atoms with E-state index >= 15 is 0 Å². The molecule has 126 valence electrons. The van der Waals surface area contributed by atoms with E-state index in [2.05, 4.69) is 0 Å². The number of carbonyl (C=O) groups is 1. The number of halogens is 3. The van der Waals surface area contributed by atoms with Crippen molar-refractivity contribution in [1.29, 1.82) is 0 Å². The van der Waals surface area contributed by atoms with Crippen molar-refractivity contribution in [3.05, 3.63) is 35.4 Å². The molecule has 0 bridgehead atoms. The van der Waals surface area contributed by atoms with E-state index in [4.69, 9.17) is 0 Å². The lowest BCUT2D eigenvalue weighted by molar-refractivity contribution is -0.137. The van der Waals surface area contributed by atoms with Gasteiger partial charge in [-0.1, -0.05) is 18.6 Å². The van der Waals surface area contributed by atoms with Gasteiger partial charge in [0.25, 0.3) is 0 Å². The van der Waals surface area contributed by atoms with Crippen molar-refractivity contribution in [2.75, 3.05) is 6.54 Å². The molecule has 0 radical (unpaired) electrons. The molecule has 23 heavy (non-hydrogen) atoms.